The van der Waals surface area contributed by atoms with E-state index in [4.69, 9.17) is 20.4 Å². The molecule has 1 unspecified atom stereocenters. The summed E-state index contributed by atoms with van der Waals surface area (Å²) in [7, 11) is -3.12. The molecule has 0 aliphatic carbocycles. The van der Waals surface area contributed by atoms with E-state index in [0.717, 1.165) is 66.8 Å². The van der Waals surface area contributed by atoms with Gasteiger partial charge in [0.2, 0.25) is 10.0 Å². The number of sulfonamides is 1. The van der Waals surface area contributed by atoms with Gasteiger partial charge in [0.05, 0.1) is 35.8 Å². The maximum Gasteiger partial charge on any atom is 0.211 e. The minimum atomic E-state index is -3.12. The first kappa shape index (κ1) is 23.7. The van der Waals surface area contributed by atoms with Crippen molar-refractivity contribution in [3.8, 4) is 11.4 Å². The van der Waals surface area contributed by atoms with Crippen LogP contribution in [-0.2, 0) is 21.2 Å². The van der Waals surface area contributed by atoms with Crippen LogP contribution < -0.4 is 10.6 Å². The summed E-state index contributed by atoms with van der Waals surface area (Å²) in [5.41, 5.74) is 8.66. The van der Waals surface area contributed by atoms with E-state index in [9.17, 15) is 8.42 Å². The standard InChI is InChI=1S/C22H31N7O3S2/c1-15-17(3-4-19(23)24-15)21-25-18-13-16(14-27-5-7-29(8-6-27)34(2,30)31)33-20(18)22(26-21)28-9-11-32-12-10-28/h3-4,16H,5-14H2,1-2H3,(H2,23,24). The number of ether oxygens (including phenoxy) is 1. The van der Waals surface area contributed by atoms with E-state index < -0.39 is 10.0 Å². The molecule has 0 amide bonds. The third-order valence-corrected chi connectivity index (χ3v) is 9.15. The van der Waals surface area contributed by atoms with E-state index in [1.54, 1.807) is 10.4 Å². The van der Waals surface area contributed by atoms with Crippen LogP contribution in [0, 0.1) is 6.92 Å². The van der Waals surface area contributed by atoms with E-state index >= 15 is 0 Å². The van der Waals surface area contributed by atoms with Crippen molar-refractivity contribution in [3.63, 3.8) is 0 Å². The Labute approximate surface area is 204 Å². The Kier molecular flexibility index (Phi) is 6.68. The first-order valence-electron chi connectivity index (χ1n) is 11.6. The third kappa shape index (κ3) is 5.01. The number of thioether (sulfide) groups is 1. The van der Waals surface area contributed by atoms with Gasteiger partial charge < -0.3 is 15.4 Å². The Morgan fingerprint density at radius 1 is 1.09 bits per heavy atom. The average Bonchev–Trinajstić information content (AvgIpc) is 3.21. The van der Waals surface area contributed by atoms with E-state index in [1.165, 1.54) is 6.26 Å². The van der Waals surface area contributed by atoms with Gasteiger partial charge in [0, 0.05) is 63.0 Å². The lowest BCUT2D eigenvalue weighted by Gasteiger charge is -2.34. The van der Waals surface area contributed by atoms with Crippen molar-refractivity contribution >= 4 is 33.4 Å². The summed E-state index contributed by atoms with van der Waals surface area (Å²) >= 11 is 1.85. The molecule has 3 aliphatic heterocycles. The fourth-order valence-electron chi connectivity index (χ4n) is 4.73. The molecule has 10 nitrogen and oxygen atoms in total. The number of hydrogen-bond acceptors (Lipinski definition) is 10. The predicted molar refractivity (Wildman–Crippen MR) is 134 cm³/mol. The van der Waals surface area contributed by atoms with E-state index in [1.807, 2.05) is 24.8 Å². The van der Waals surface area contributed by atoms with Crippen molar-refractivity contribution in [2.24, 2.45) is 0 Å². The van der Waals surface area contributed by atoms with Gasteiger partial charge in [0.15, 0.2) is 5.82 Å². The number of hydrogen-bond donors (Lipinski definition) is 1. The highest BCUT2D eigenvalue weighted by atomic mass is 32.2. The molecule has 5 heterocycles. The largest absolute Gasteiger partial charge is 0.384 e. The summed E-state index contributed by atoms with van der Waals surface area (Å²) in [6, 6.07) is 3.74. The summed E-state index contributed by atoms with van der Waals surface area (Å²) in [5, 5.41) is 0.356. The molecular weight excluding hydrogens is 474 g/mol. The fourth-order valence-corrected chi connectivity index (χ4v) is 6.96. The molecule has 0 bridgehead atoms. The molecule has 2 saturated heterocycles. The van der Waals surface area contributed by atoms with Gasteiger partial charge in [-0.05, 0) is 19.1 Å². The summed E-state index contributed by atoms with van der Waals surface area (Å²) in [6.45, 7) is 8.44. The molecule has 3 aliphatic rings. The van der Waals surface area contributed by atoms with Crippen LogP contribution in [0.5, 0.6) is 0 Å². The summed E-state index contributed by atoms with van der Waals surface area (Å²) < 4.78 is 30.8. The molecule has 184 valence electrons. The smallest absolute Gasteiger partial charge is 0.211 e. The zero-order chi connectivity index (χ0) is 23.9. The predicted octanol–water partition coefficient (Wildman–Crippen LogP) is 0.860. The van der Waals surface area contributed by atoms with Crippen LogP contribution in [0.4, 0.5) is 11.6 Å². The van der Waals surface area contributed by atoms with Gasteiger partial charge in [-0.2, -0.15) is 4.31 Å². The van der Waals surface area contributed by atoms with E-state index in [-0.39, 0.29) is 0 Å². The van der Waals surface area contributed by atoms with Gasteiger partial charge in [-0.25, -0.2) is 23.4 Å². The highest BCUT2D eigenvalue weighted by Crippen LogP contribution is 2.43. The molecule has 0 aromatic carbocycles. The molecule has 2 aromatic heterocycles. The number of aryl methyl sites for hydroxylation is 1. The number of morpholine rings is 1. The zero-order valence-electron chi connectivity index (χ0n) is 19.6. The quantitative estimate of drug-likeness (QED) is 0.627. The number of nitrogens with zero attached hydrogens (tertiary/aromatic N) is 6. The normalized spacial score (nSPS) is 22.2. The molecule has 2 fully saturated rings. The maximum absolute atomic E-state index is 11.8. The molecular formula is C22H31N7O3S2. The number of nitrogen functional groups attached to an aromatic ring is 1. The number of pyridine rings is 1. The number of aromatic nitrogens is 3. The lowest BCUT2D eigenvalue weighted by Crippen LogP contribution is -2.49. The molecule has 0 spiro atoms. The van der Waals surface area contributed by atoms with Crippen LogP contribution in [0.2, 0.25) is 0 Å². The van der Waals surface area contributed by atoms with Crippen LogP contribution in [0.1, 0.15) is 11.4 Å². The average molecular weight is 506 g/mol. The number of anilines is 2. The van der Waals surface area contributed by atoms with Crippen molar-refractivity contribution in [2.45, 2.75) is 23.5 Å². The second-order valence-electron chi connectivity index (χ2n) is 9.02. The van der Waals surface area contributed by atoms with Crippen molar-refractivity contribution < 1.29 is 13.2 Å². The van der Waals surface area contributed by atoms with Crippen molar-refractivity contribution in [3.05, 3.63) is 23.5 Å². The highest BCUT2D eigenvalue weighted by molar-refractivity contribution is 8.00. The maximum atomic E-state index is 11.8. The van der Waals surface area contributed by atoms with Gasteiger partial charge in [0.25, 0.3) is 0 Å². The lowest BCUT2D eigenvalue weighted by atomic mass is 10.1. The SMILES string of the molecule is Cc1nc(N)ccc1-c1nc2c(c(N3CCOCC3)n1)SC(CN1CCN(S(C)(=O)=O)CC1)C2. The number of nitrogens with two attached hydrogens (primary N) is 1. The molecule has 5 rings (SSSR count). The monoisotopic (exact) mass is 505 g/mol. The molecule has 0 radical (unpaired) electrons. The first-order valence-corrected chi connectivity index (χ1v) is 14.3. The van der Waals surface area contributed by atoms with Gasteiger partial charge >= 0.3 is 0 Å². The van der Waals surface area contributed by atoms with Crippen molar-refractivity contribution in [2.75, 3.05) is 75.9 Å². The van der Waals surface area contributed by atoms with Gasteiger partial charge in [-0.1, -0.05) is 0 Å². The van der Waals surface area contributed by atoms with E-state index in [0.29, 0.717) is 43.2 Å². The van der Waals surface area contributed by atoms with Crippen LogP contribution >= 0.6 is 11.8 Å². The number of piperazine rings is 1. The highest BCUT2D eigenvalue weighted by Gasteiger charge is 2.33. The first-order chi connectivity index (χ1) is 16.3. The second-order valence-corrected chi connectivity index (χ2v) is 12.3. The van der Waals surface area contributed by atoms with Gasteiger partial charge in [0.1, 0.15) is 11.6 Å². The van der Waals surface area contributed by atoms with Crippen molar-refractivity contribution in [1.82, 2.24) is 24.2 Å². The minimum absolute atomic E-state index is 0.356. The minimum Gasteiger partial charge on any atom is -0.384 e. The molecule has 2 aromatic rings. The van der Waals surface area contributed by atoms with Crippen LogP contribution in [0.15, 0.2) is 17.0 Å². The van der Waals surface area contributed by atoms with Crippen molar-refractivity contribution in [1.29, 1.82) is 0 Å². The van der Waals surface area contributed by atoms with Crippen LogP contribution in [0.3, 0.4) is 0 Å². The Morgan fingerprint density at radius 2 is 1.82 bits per heavy atom. The Balaban J connectivity index is 1.38. The fraction of sp³-hybridized carbons (Fsp3) is 0.591. The lowest BCUT2D eigenvalue weighted by molar-refractivity contribution is 0.122. The third-order valence-electron chi connectivity index (χ3n) is 6.54. The topological polar surface area (TPSA) is 118 Å². The summed E-state index contributed by atoms with van der Waals surface area (Å²) in [5.74, 6) is 2.16. The van der Waals surface area contributed by atoms with Crippen LogP contribution in [0.25, 0.3) is 11.4 Å². The summed E-state index contributed by atoms with van der Waals surface area (Å²) in [4.78, 5) is 20.2. The number of fused-ring (bicyclic) bond motifs is 1. The molecule has 2 N–H and O–H groups in total. The molecule has 12 heteroatoms. The van der Waals surface area contributed by atoms with E-state index in [2.05, 4.69) is 14.8 Å². The molecule has 0 saturated carbocycles. The Morgan fingerprint density at radius 3 is 2.50 bits per heavy atom. The van der Waals surface area contributed by atoms with Gasteiger partial charge in [-0.3, -0.25) is 4.90 Å². The zero-order valence-corrected chi connectivity index (χ0v) is 21.2. The number of rotatable bonds is 5. The second kappa shape index (κ2) is 9.57. The van der Waals surface area contributed by atoms with Gasteiger partial charge in [-0.15, -0.1) is 11.8 Å². The van der Waals surface area contributed by atoms with Crippen LogP contribution in [-0.4, -0.2) is 103 Å². The Hall–Kier alpha value is -1.99. The molecule has 34 heavy (non-hydrogen) atoms. The summed E-state index contributed by atoms with van der Waals surface area (Å²) in [6.07, 6.45) is 2.15. The Bertz CT molecular complexity index is 1160. The molecule has 1 atom stereocenters.